The summed E-state index contributed by atoms with van der Waals surface area (Å²) < 4.78 is 41.7. The maximum absolute atomic E-state index is 12.2. The second kappa shape index (κ2) is 7.71. The van der Waals surface area contributed by atoms with Crippen LogP contribution in [0, 0.1) is 0 Å². The lowest BCUT2D eigenvalue weighted by Gasteiger charge is -2.18. The average Bonchev–Trinajstić information content (AvgIpc) is 2.37. The summed E-state index contributed by atoms with van der Waals surface area (Å²) in [6, 6.07) is 4.75. The van der Waals surface area contributed by atoms with Crippen LogP contribution in [0.2, 0.25) is 5.02 Å². The molecule has 0 spiro atoms. The molecule has 3 nitrogen and oxygen atoms in total. The standard InChI is InChI=1S/C13H17ClF3NO2/c1-2-6-18-7-9-10(14)4-3-5-11(9)20-8-12(19)13(15,16)17/h3-5,12,18-19H,2,6-8H2,1H3. The van der Waals surface area contributed by atoms with Gasteiger partial charge >= 0.3 is 6.18 Å². The van der Waals surface area contributed by atoms with Crippen molar-refractivity contribution in [3.63, 3.8) is 0 Å². The molecule has 20 heavy (non-hydrogen) atoms. The molecular formula is C13H17ClF3NO2. The Kier molecular flexibility index (Phi) is 6.58. The Labute approximate surface area is 120 Å². The molecule has 0 aliphatic heterocycles. The van der Waals surface area contributed by atoms with Crippen LogP contribution in [0.3, 0.4) is 0 Å². The van der Waals surface area contributed by atoms with Gasteiger partial charge in [-0.3, -0.25) is 0 Å². The smallest absolute Gasteiger partial charge is 0.417 e. The molecule has 7 heteroatoms. The first-order valence-corrected chi connectivity index (χ1v) is 6.59. The van der Waals surface area contributed by atoms with Gasteiger partial charge in [-0.05, 0) is 25.1 Å². The number of ether oxygens (including phenoxy) is 1. The fraction of sp³-hybridized carbons (Fsp3) is 0.538. The van der Waals surface area contributed by atoms with Crippen molar-refractivity contribution in [2.45, 2.75) is 32.2 Å². The van der Waals surface area contributed by atoms with Crippen LogP contribution in [-0.4, -0.2) is 30.5 Å². The number of nitrogens with one attached hydrogen (secondary N) is 1. The van der Waals surface area contributed by atoms with Gasteiger partial charge in [0.1, 0.15) is 12.4 Å². The van der Waals surface area contributed by atoms with E-state index in [0.717, 1.165) is 13.0 Å². The van der Waals surface area contributed by atoms with Crippen LogP contribution in [0.5, 0.6) is 5.75 Å². The number of alkyl halides is 3. The molecular weight excluding hydrogens is 295 g/mol. The highest BCUT2D eigenvalue weighted by Gasteiger charge is 2.38. The van der Waals surface area contributed by atoms with E-state index >= 15 is 0 Å². The number of aliphatic hydroxyl groups excluding tert-OH is 1. The number of benzene rings is 1. The first-order valence-electron chi connectivity index (χ1n) is 6.22. The van der Waals surface area contributed by atoms with Crippen molar-refractivity contribution in [2.75, 3.05) is 13.2 Å². The van der Waals surface area contributed by atoms with Crippen LogP contribution in [0.15, 0.2) is 18.2 Å². The molecule has 0 aliphatic rings. The second-order valence-electron chi connectivity index (χ2n) is 4.26. The van der Waals surface area contributed by atoms with Gasteiger partial charge in [0, 0.05) is 17.1 Å². The molecule has 0 aliphatic carbocycles. The molecule has 1 atom stereocenters. The molecule has 0 saturated carbocycles. The van der Waals surface area contributed by atoms with Crippen molar-refractivity contribution in [1.82, 2.24) is 5.32 Å². The van der Waals surface area contributed by atoms with Gasteiger partial charge in [-0.25, -0.2) is 0 Å². The van der Waals surface area contributed by atoms with Crippen molar-refractivity contribution in [2.24, 2.45) is 0 Å². The highest BCUT2D eigenvalue weighted by Crippen LogP contribution is 2.27. The lowest BCUT2D eigenvalue weighted by atomic mass is 10.2. The first-order chi connectivity index (χ1) is 9.36. The fourth-order valence-corrected chi connectivity index (χ4v) is 1.73. The third-order valence-corrected chi connectivity index (χ3v) is 2.93. The summed E-state index contributed by atoms with van der Waals surface area (Å²) in [5.74, 6) is 0.240. The van der Waals surface area contributed by atoms with E-state index in [0.29, 0.717) is 17.1 Å². The zero-order chi connectivity index (χ0) is 15.2. The third kappa shape index (κ3) is 5.19. The monoisotopic (exact) mass is 311 g/mol. The van der Waals surface area contributed by atoms with Crippen molar-refractivity contribution in [1.29, 1.82) is 0 Å². The van der Waals surface area contributed by atoms with Crippen LogP contribution in [0.1, 0.15) is 18.9 Å². The Hall–Kier alpha value is -0.980. The Balaban J connectivity index is 2.71. The molecule has 1 aromatic carbocycles. The molecule has 0 saturated heterocycles. The van der Waals surface area contributed by atoms with Gasteiger partial charge in [-0.15, -0.1) is 0 Å². The Bertz CT molecular complexity index is 427. The highest BCUT2D eigenvalue weighted by molar-refractivity contribution is 6.31. The van der Waals surface area contributed by atoms with Crippen molar-refractivity contribution in [3.8, 4) is 5.75 Å². The normalized spacial score (nSPS) is 13.3. The number of hydrogen-bond acceptors (Lipinski definition) is 3. The largest absolute Gasteiger partial charge is 0.490 e. The maximum Gasteiger partial charge on any atom is 0.417 e. The highest BCUT2D eigenvalue weighted by atomic mass is 35.5. The summed E-state index contributed by atoms with van der Waals surface area (Å²) >= 11 is 6.01. The number of aliphatic hydroxyl groups is 1. The topological polar surface area (TPSA) is 41.5 Å². The second-order valence-corrected chi connectivity index (χ2v) is 4.67. The van der Waals surface area contributed by atoms with Crippen molar-refractivity contribution >= 4 is 11.6 Å². The van der Waals surface area contributed by atoms with Crippen LogP contribution in [0.25, 0.3) is 0 Å². The molecule has 2 N–H and O–H groups in total. The Morgan fingerprint density at radius 3 is 2.70 bits per heavy atom. The van der Waals surface area contributed by atoms with E-state index in [1.807, 2.05) is 6.92 Å². The zero-order valence-electron chi connectivity index (χ0n) is 11.0. The Morgan fingerprint density at radius 2 is 2.10 bits per heavy atom. The lowest BCUT2D eigenvalue weighted by Crippen LogP contribution is -2.34. The average molecular weight is 312 g/mol. The van der Waals surface area contributed by atoms with Gasteiger partial charge in [-0.2, -0.15) is 13.2 Å². The van der Waals surface area contributed by atoms with E-state index in [-0.39, 0.29) is 5.75 Å². The van der Waals surface area contributed by atoms with Gasteiger partial charge in [0.05, 0.1) is 0 Å². The third-order valence-electron chi connectivity index (χ3n) is 2.58. The van der Waals surface area contributed by atoms with Crippen molar-refractivity contribution < 1.29 is 23.0 Å². The minimum Gasteiger partial charge on any atom is -0.490 e. The van der Waals surface area contributed by atoms with E-state index < -0.39 is 18.9 Å². The number of rotatable bonds is 7. The summed E-state index contributed by atoms with van der Waals surface area (Å²) in [5, 5.41) is 12.4. The number of halogens is 4. The van der Waals surface area contributed by atoms with Gasteiger partial charge in [0.25, 0.3) is 0 Å². The molecule has 0 amide bonds. The Morgan fingerprint density at radius 1 is 1.40 bits per heavy atom. The van der Waals surface area contributed by atoms with E-state index in [4.69, 9.17) is 21.4 Å². The maximum atomic E-state index is 12.2. The first kappa shape index (κ1) is 17.1. The predicted octanol–water partition coefficient (Wildman–Crippen LogP) is 3.14. The van der Waals surface area contributed by atoms with Crippen molar-refractivity contribution in [3.05, 3.63) is 28.8 Å². The molecule has 1 unspecified atom stereocenters. The molecule has 1 aromatic rings. The minimum absolute atomic E-state index is 0.240. The molecule has 0 heterocycles. The van der Waals surface area contributed by atoms with E-state index in [1.54, 1.807) is 12.1 Å². The molecule has 0 radical (unpaired) electrons. The molecule has 0 bridgehead atoms. The quantitative estimate of drug-likeness (QED) is 0.760. The van der Waals surface area contributed by atoms with E-state index in [9.17, 15) is 13.2 Å². The molecule has 1 rings (SSSR count). The van der Waals surface area contributed by atoms with Crippen LogP contribution in [-0.2, 0) is 6.54 Å². The SMILES string of the molecule is CCCNCc1c(Cl)cccc1OCC(O)C(F)(F)F. The lowest BCUT2D eigenvalue weighted by molar-refractivity contribution is -0.210. The summed E-state index contributed by atoms with van der Waals surface area (Å²) in [5.41, 5.74) is 0.581. The minimum atomic E-state index is -4.70. The van der Waals surface area contributed by atoms with E-state index in [1.165, 1.54) is 6.07 Å². The summed E-state index contributed by atoms with van der Waals surface area (Å²) in [4.78, 5) is 0. The molecule has 114 valence electrons. The van der Waals surface area contributed by atoms with Crippen LogP contribution < -0.4 is 10.1 Å². The summed E-state index contributed by atoms with van der Waals surface area (Å²) in [6.07, 6.45) is -6.29. The van der Waals surface area contributed by atoms with Gasteiger partial charge in [0.2, 0.25) is 0 Å². The predicted molar refractivity (Wildman–Crippen MR) is 71.0 cm³/mol. The van der Waals surface area contributed by atoms with Gasteiger partial charge < -0.3 is 15.2 Å². The van der Waals surface area contributed by atoms with Gasteiger partial charge in [0.15, 0.2) is 6.10 Å². The van der Waals surface area contributed by atoms with Crippen LogP contribution in [0.4, 0.5) is 13.2 Å². The summed E-state index contributed by atoms with van der Waals surface area (Å²) in [7, 11) is 0. The fourth-order valence-electron chi connectivity index (χ4n) is 1.50. The van der Waals surface area contributed by atoms with Gasteiger partial charge in [-0.1, -0.05) is 24.6 Å². The summed E-state index contributed by atoms with van der Waals surface area (Å²) in [6.45, 7) is 2.29. The molecule has 0 fully saturated rings. The van der Waals surface area contributed by atoms with E-state index in [2.05, 4.69) is 5.32 Å². The van der Waals surface area contributed by atoms with Crippen LogP contribution >= 0.6 is 11.6 Å². The molecule has 0 aromatic heterocycles. The zero-order valence-corrected chi connectivity index (χ0v) is 11.8. The number of hydrogen-bond donors (Lipinski definition) is 2.